The fourth-order valence-corrected chi connectivity index (χ4v) is 3.32. The van der Waals surface area contributed by atoms with Gasteiger partial charge in [-0.15, -0.1) is 0 Å². The number of ether oxygens (including phenoxy) is 2. The molecule has 1 rings (SSSR count). The van der Waals surface area contributed by atoms with Gasteiger partial charge in [-0.05, 0) is 45.2 Å². The van der Waals surface area contributed by atoms with Crippen LogP contribution in [0.15, 0.2) is 0 Å². The first kappa shape index (κ1) is 15.3. The van der Waals surface area contributed by atoms with Crippen molar-refractivity contribution < 1.29 is 18.6 Å². The van der Waals surface area contributed by atoms with Crippen molar-refractivity contribution >= 4 is 16.3 Å². The van der Waals surface area contributed by atoms with E-state index in [4.69, 9.17) is 9.47 Å². The Hall–Kier alpha value is 0.250. The molecular formula is C11H22O4P2. The first-order valence-electron chi connectivity index (χ1n) is 6.30. The van der Waals surface area contributed by atoms with E-state index in [1.54, 1.807) is 6.66 Å². The van der Waals surface area contributed by atoms with Gasteiger partial charge in [0.2, 0.25) is 0 Å². The molecule has 0 spiro atoms. The Bertz CT molecular complexity index is 242. The molecule has 0 aromatic carbocycles. The maximum absolute atomic E-state index is 11.2. The zero-order valence-corrected chi connectivity index (χ0v) is 12.3. The molecule has 3 atom stereocenters. The monoisotopic (exact) mass is 280 g/mol. The van der Waals surface area contributed by atoms with E-state index in [0.717, 1.165) is 38.7 Å². The van der Waals surface area contributed by atoms with Crippen molar-refractivity contribution in [1.29, 1.82) is 0 Å². The molecule has 1 saturated heterocycles. The van der Waals surface area contributed by atoms with Crippen molar-refractivity contribution in [1.82, 2.24) is 0 Å². The van der Waals surface area contributed by atoms with Crippen molar-refractivity contribution in [3.8, 4) is 0 Å². The molecule has 100 valence electrons. The fourth-order valence-electron chi connectivity index (χ4n) is 1.83. The summed E-state index contributed by atoms with van der Waals surface area (Å²) in [5, 5.41) is -0.147. The standard InChI is InChI=1S/C11H22O4P2/c1-17(13)11(16-12)7-3-5-9-15-10-6-2-4-8-14-10/h10-11,17H,2-9H2,1H3. The molecule has 0 amide bonds. The zero-order valence-electron chi connectivity index (χ0n) is 10.4. The van der Waals surface area contributed by atoms with E-state index in [1.807, 2.05) is 0 Å². The average molecular weight is 280 g/mol. The van der Waals surface area contributed by atoms with Crippen LogP contribution in [-0.2, 0) is 18.6 Å². The third-order valence-corrected chi connectivity index (χ3v) is 6.06. The van der Waals surface area contributed by atoms with Crippen LogP contribution in [0.1, 0.15) is 38.5 Å². The summed E-state index contributed by atoms with van der Waals surface area (Å²) >= 11 is 0. The summed E-state index contributed by atoms with van der Waals surface area (Å²) in [4.78, 5) is 0. The van der Waals surface area contributed by atoms with E-state index in [-0.39, 0.29) is 20.2 Å². The van der Waals surface area contributed by atoms with E-state index in [1.165, 1.54) is 6.42 Å². The lowest BCUT2D eigenvalue weighted by molar-refractivity contribution is -0.162. The first-order chi connectivity index (χ1) is 8.24. The quantitative estimate of drug-likeness (QED) is 0.504. The minimum absolute atomic E-state index is 0.0222. The van der Waals surface area contributed by atoms with Gasteiger partial charge < -0.3 is 14.0 Å². The second kappa shape index (κ2) is 9.22. The van der Waals surface area contributed by atoms with Crippen LogP contribution in [-0.4, -0.2) is 31.6 Å². The van der Waals surface area contributed by atoms with Crippen LogP contribution in [0.25, 0.3) is 0 Å². The number of hydrogen-bond acceptors (Lipinski definition) is 4. The Labute approximate surface area is 105 Å². The SMILES string of the molecule is C[PH](=O)C(CCCCOC1CCCCO1)P=O. The molecule has 3 unspecified atom stereocenters. The molecule has 4 nitrogen and oxygen atoms in total. The topological polar surface area (TPSA) is 52.6 Å². The summed E-state index contributed by atoms with van der Waals surface area (Å²) in [5.74, 6) is 0. The van der Waals surface area contributed by atoms with Crippen LogP contribution in [0.4, 0.5) is 0 Å². The van der Waals surface area contributed by atoms with E-state index in [0.29, 0.717) is 6.61 Å². The Morgan fingerprint density at radius 1 is 1.47 bits per heavy atom. The molecule has 0 radical (unpaired) electrons. The summed E-state index contributed by atoms with van der Waals surface area (Å²) in [6, 6.07) is 0. The first-order valence-corrected chi connectivity index (χ1v) is 9.17. The molecule has 17 heavy (non-hydrogen) atoms. The summed E-state index contributed by atoms with van der Waals surface area (Å²) in [6.07, 6.45) is 5.87. The lowest BCUT2D eigenvalue weighted by atomic mass is 10.2. The number of unbranched alkanes of at least 4 members (excludes halogenated alkanes) is 1. The summed E-state index contributed by atoms with van der Waals surface area (Å²) in [5.41, 5.74) is 0. The predicted molar refractivity (Wildman–Crippen MR) is 69.7 cm³/mol. The van der Waals surface area contributed by atoms with Gasteiger partial charge in [0.1, 0.15) is 0 Å². The van der Waals surface area contributed by atoms with Gasteiger partial charge in [0.15, 0.2) is 14.8 Å². The smallest absolute Gasteiger partial charge is 0.166 e. The highest BCUT2D eigenvalue weighted by Gasteiger charge is 2.14. The van der Waals surface area contributed by atoms with E-state index in [2.05, 4.69) is 0 Å². The Morgan fingerprint density at radius 3 is 2.88 bits per heavy atom. The van der Waals surface area contributed by atoms with E-state index >= 15 is 0 Å². The largest absolute Gasteiger partial charge is 0.353 e. The Kier molecular flexibility index (Phi) is 8.30. The molecule has 6 heteroatoms. The van der Waals surface area contributed by atoms with Crippen molar-refractivity contribution in [2.24, 2.45) is 0 Å². The normalized spacial score (nSPS) is 24.6. The highest BCUT2D eigenvalue weighted by molar-refractivity contribution is 7.56. The van der Waals surface area contributed by atoms with Crippen molar-refractivity contribution in [3.63, 3.8) is 0 Å². The van der Waals surface area contributed by atoms with Gasteiger partial charge in [0.05, 0.1) is 13.2 Å². The second-order valence-corrected chi connectivity index (χ2v) is 7.63. The molecule has 1 fully saturated rings. The lowest BCUT2D eigenvalue weighted by Crippen LogP contribution is -2.22. The number of rotatable bonds is 8. The van der Waals surface area contributed by atoms with Crippen molar-refractivity contribution in [2.75, 3.05) is 19.9 Å². The molecular weight excluding hydrogens is 258 g/mol. The van der Waals surface area contributed by atoms with Crippen LogP contribution < -0.4 is 0 Å². The van der Waals surface area contributed by atoms with Gasteiger partial charge in [-0.25, -0.2) is 0 Å². The van der Waals surface area contributed by atoms with Gasteiger partial charge in [0.25, 0.3) is 0 Å². The molecule has 1 heterocycles. The average Bonchev–Trinajstić information content (AvgIpc) is 2.34. The Morgan fingerprint density at radius 2 is 2.29 bits per heavy atom. The van der Waals surface area contributed by atoms with Crippen LogP contribution in [0, 0.1) is 0 Å². The van der Waals surface area contributed by atoms with Gasteiger partial charge in [-0.2, -0.15) is 0 Å². The summed E-state index contributed by atoms with van der Waals surface area (Å²) < 4.78 is 33.0. The van der Waals surface area contributed by atoms with Gasteiger partial charge in [-0.3, -0.25) is 4.57 Å². The summed E-state index contributed by atoms with van der Waals surface area (Å²) in [6.45, 7) is 3.16. The van der Waals surface area contributed by atoms with E-state index < -0.39 is 7.80 Å². The Balaban J connectivity index is 1.99. The summed E-state index contributed by atoms with van der Waals surface area (Å²) in [7, 11) is -1.65. The molecule has 0 bridgehead atoms. The highest BCUT2D eigenvalue weighted by atomic mass is 31.1. The fraction of sp³-hybridized carbons (Fsp3) is 1.00. The zero-order chi connectivity index (χ0) is 12.5. The molecule has 0 aliphatic carbocycles. The van der Waals surface area contributed by atoms with Crippen molar-refractivity contribution in [3.05, 3.63) is 0 Å². The number of hydrogen-bond donors (Lipinski definition) is 0. The van der Waals surface area contributed by atoms with Gasteiger partial charge in [0, 0.05) is 13.2 Å². The molecule has 1 aliphatic heterocycles. The minimum Gasteiger partial charge on any atom is -0.353 e. The maximum atomic E-state index is 11.2. The molecule has 0 N–H and O–H groups in total. The van der Waals surface area contributed by atoms with E-state index in [9.17, 15) is 9.13 Å². The molecule has 1 aliphatic rings. The van der Waals surface area contributed by atoms with Crippen LogP contribution in [0.5, 0.6) is 0 Å². The van der Waals surface area contributed by atoms with Crippen molar-refractivity contribution in [2.45, 2.75) is 50.2 Å². The third-order valence-electron chi connectivity index (χ3n) is 2.91. The lowest BCUT2D eigenvalue weighted by Gasteiger charge is -2.22. The molecule has 0 aromatic heterocycles. The van der Waals surface area contributed by atoms with Gasteiger partial charge in [-0.1, -0.05) is 0 Å². The van der Waals surface area contributed by atoms with Crippen LogP contribution >= 0.6 is 16.3 Å². The molecule has 0 aromatic rings. The van der Waals surface area contributed by atoms with Crippen LogP contribution in [0.3, 0.4) is 0 Å². The minimum atomic E-state index is -1.67. The third kappa shape index (κ3) is 6.67. The highest BCUT2D eigenvalue weighted by Crippen LogP contribution is 2.35. The maximum Gasteiger partial charge on any atom is 0.166 e. The second-order valence-electron chi connectivity index (χ2n) is 4.39. The van der Waals surface area contributed by atoms with Gasteiger partial charge >= 0.3 is 0 Å². The van der Waals surface area contributed by atoms with Crippen LogP contribution in [0.2, 0.25) is 0 Å². The predicted octanol–water partition coefficient (Wildman–Crippen LogP) is 3.51. The molecule has 0 saturated carbocycles.